The number of benzene rings is 2. The summed E-state index contributed by atoms with van der Waals surface area (Å²) in [4.78, 5) is 23.9. The van der Waals surface area contributed by atoms with E-state index in [1.807, 2.05) is 26.8 Å². The van der Waals surface area contributed by atoms with Crippen molar-refractivity contribution in [3.8, 4) is 16.9 Å². The molecule has 0 heterocycles. The van der Waals surface area contributed by atoms with Crippen molar-refractivity contribution in [2.45, 2.75) is 33.3 Å². The van der Waals surface area contributed by atoms with Gasteiger partial charge in [0, 0.05) is 5.56 Å². The number of hydrogen-bond donors (Lipinski definition) is 0. The Kier molecular flexibility index (Phi) is 5.07. The summed E-state index contributed by atoms with van der Waals surface area (Å²) < 4.78 is 10.6. The van der Waals surface area contributed by atoms with Crippen LogP contribution >= 0.6 is 0 Å². The van der Waals surface area contributed by atoms with Gasteiger partial charge in [0.2, 0.25) is 0 Å². The molecule has 4 nitrogen and oxygen atoms in total. The van der Waals surface area contributed by atoms with Crippen molar-refractivity contribution < 1.29 is 19.1 Å². The first kappa shape index (κ1) is 17.7. The molecule has 0 spiro atoms. The van der Waals surface area contributed by atoms with Crippen molar-refractivity contribution in [1.29, 1.82) is 0 Å². The quantitative estimate of drug-likeness (QED) is 0.612. The lowest BCUT2D eigenvalue weighted by molar-refractivity contribution is 0.00694. The van der Waals surface area contributed by atoms with E-state index in [-0.39, 0.29) is 11.8 Å². The van der Waals surface area contributed by atoms with Crippen molar-refractivity contribution in [3.05, 3.63) is 53.6 Å². The molecule has 2 aromatic rings. The Labute approximate surface area is 142 Å². The average molecular weight is 326 g/mol. The summed E-state index contributed by atoms with van der Waals surface area (Å²) in [7, 11) is 1.58. The Hall–Kier alpha value is -2.62. The molecule has 0 aliphatic carbocycles. The number of carbonyl (C=O) groups is 2. The monoisotopic (exact) mass is 326 g/mol. The Morgan fingerprint density at radius 3 is 2.08 bits per heavy atom. The third-order valence-corrected chi connectivity index (χ3v) is 3.44. The zero-order valence-corrected chi connectivity index (χ0v) is 14.7. The van der Waals surface area contributed by atoms with E-state index in [0.717, 1.165) is 11.1 Å². The number of Topliss-reactive ketones (excluding diaryl/α,β-unsaturated/α-hetero) is 1. The van der Waals surface area contributed by atoms with Crippen LogP contribution in [-0.2, 0) is 4.74 Å². The van der Waals surface area contributed by atoms with Crippen molar-refractivity contribution in [1.82, 2.24) is 0 Å². The largest absolute Gasteiger partial charge is 0.497 e. The molecule has 0 aromatic heterocycles. The van der Waals surface area contributed by atoms with Crippen molar-refractivity contribution in [3.63, 3.8) is 0 Å². The van der Waals surface area contributed by atoms with Gasteiger partial charge < -0.3 is 9.47 Å². The van der Waals surface area contributed by atoms with Crippen LogP contribution in [0.5, 0.6) is 5.75 Å². The zero-order valence-electron chi connectivity index (χ0n) is 14.7. The first-order chi connectivity index (χ1) is 11.2. The zero-order chi connectivity index (χ0) is 17.9. The van der Waals surface area contributed by atoms with Gasteiger partial charge in [-0.2, -0.15) is 0 Å². The number of carbonyl (C=O) groups excluding carboxylic acids is 2. The van der Waals surface area contributed by atoms with Crippen LogP contribution in [0.4, 0.5) is 0 Å². The van der Waals surface area contributed by atoms with E-state index >= 15 is 0 Å². The molecule has 0 radical (unpaired) electrons. The van der Waals surface area contributed by atoms with Crippen LogP contribution in [0.2, 0.25) is 0 Å². The highest BCUT2D eigenvalue weighted by molar-refractivity contribution is 6.01. The number of rotatable bonds is 4. The molecule has 4 heteroatoms. The number of methoxy groups -OCH3 is 1. The van der Waals surface area contributed by atoms with E-state index < -0.39 is 5.60 Å². The van der Waals surface area contributed by atoms with Crippen LogP contribution < -0.4 is 4.74 Å². The third kappa shape index (κ3) is 4.22. The summed E-state index contributed by atoms with van der Waals surface area (Å²) in [6.45, 7) is 7.01. The third-order valence-electron chi connectivity index (χ3n) is 3.44. The molecule has 126 valence electrons. The molecule has 0 N–H and O–H groups in total. The van der Waals surface area contributed by atoms with E-state index in [1.165, 1.54) is 6.92 Å². The lowest BCUT2D eigenvalue weighted by Crippen LogP contribution is -2.23. The second kappa shape index (κ2) is 6.87. The fourth-order valence-electron chi connectivity index (χ4n) is 2.32. The molecule has 2 rings (SSSR count). The standard InChI is InChI=1S/C20H22O4/c1-13(21)17-11-10-16(23-5)12-18(17)14-6-8-15(9-7-14)19(22)24-20(2,3)4/h6-12H,1-5H3. The van der Waals surface area contributed by atoms with Gasteiger partial charge >= 0.3 is 5.97 Å². The number of esters is 1. The van der Waals surface area contributed by atoms with Gasteiger partial charge in [-0.25, -0.2) is 4.79 Å². The highest BCUT2D eigenvalue weighted by Crippen LogP contribution is 2.29. The van der Waals surface area contributed by atoms with Crippen LogP contribution in [0.15, 0.2) is 42.5 Å². The van der Waals surface area contributed by atoms with Crippen LogP contribution in [0.25, 0.3) is 11.1 Å². The number of hydrogen-bond acceptors (Lipinski definition) is 4. The maximum absolute atomic E-state index is 12.1. The Morgan fingerprint density at radius 1 is 0.958 bits per heavy atom. The smallest absolute Gasteiger partial charge is 0.338 e. The van der Waals surface area contributed by atoms with Gasteiger partial charge in [-0.3, -0.25) is 4.79 Å². The summed E-state index contributed by atoms with van der Waals surface area (Å²) in [5.41, 5.74) is 2.16. The van der Waals surface area contributed by atoms with Gasteiger partial charge in [0.25, 0.3) is 0 Å². The lowest BCUT2D eigenvalue weighted by Gasteiger charge is -2.19. The molecule has 0 aliphatic heterocycles. The maximum Gasteiger partial charge on any atom is 0.338 e. The molecule has 2 aromatic carbocycles. The van der Waals surface area contributed by atoms with E-state index in [9.17, 15) is 9.59 Å². The lowest BCUT2D eigenvalue weighted by atomic mass is 9.96. The number of ketones is 1. The van der Waals surface area contributed by atoms with E-state index in [0.29, 0.717) is 16.9 Å². The summed E-state index contributed by atoms with van der Waals surface area (Å²) in [6, 6.07) is 12.3. The minimum Gasteiger partial charge on any atom is -0.497 e. The molecule has 0 atom stereocenters. The molecule has 0 saturated heterocycles. The average Bonchev–Trinajstić information content (AvgIpc) is 2.52. The van der Waals surface area contributed by atoms with E-state index in [2.05, 4.69) is 0 Å². The minimum absolute atomic E-state index is 0.0242. The Bertz CT molecular complexity index is 752. The molecule has 0 amide bonds. The van der Waals surface area contributed by atoms with Crippen LogP contribution in [-0.4, -0.2) is 24.5 Å². The summed E-state index contributed by atoms with van der Waals surface area (Å²) in [5.74, 6) is 0.279. The molecular weight excluding hydrogens is 304 g/mol. The molecule has 0 aliphatic rings. The van der Waals surface area contributed by atoms with Crippen LogP contribution in [0.3, 0.4) is 0 Å². The van der Waals surface area contributed by atoms with E-state index in [4.69, 9.17) is 9.47 Å². The highest BCUT2D eigenvalue weighted by Gasteiger charge is 2.18. The van der Waals surface area contributed by atoms with Crippen molar-refractivity contribution in [2.75, 3.05) is 7.11 Å². The summed E-state index contributed by atoms with van der Waals surface area (Å²) >= 11 is 0. The number of ether oxygens (including phenoxy) is 2. The topological polar surface area (TPSA) is 52.6 Å². The molecule has 0 bridgehead atoms. The normalized spacial score (nSPS) is 11.0. The van der Waals surface area contributed by atoms with Crippen LogP contribution in [0, 0.1) is 0 Å². The molecule has 0 fully saturated rings. The predicted octanol–water partition coefficient (Wildman–Crippen LogP) is 4.52. The first-order valence-corrected chi connectivity index (χ1v) is 7.74. The Morgan fingerprint density at radius 2 is 1.58 bits per heavy atom. The minimum atomic E-state index is -0.537. The van der Waals surface area contributed by atoms with Gasteiger partial charge in [-0.1, -0.05) is 12.1 Å². The van der Waals surface area contributed by atoms with Crippen molar-refractivity contribution in [2.24, 2.45) is 0 Å². The molecular formula is C20H22O4. The second-order valence-corrected chi connectivity index (χ2v) is 6.55. The van der Waals surface area contributed by atoms with Crippen LogP contribution in [0.1, 0.15) is 48.4 Å². The fourth-order valence-corrected chi connectivity index (χ4v) is 2.32. The molecule has 0 unspecified atom stereocenters. The van der Waals surface area contributed by atoms with Gasteiger partial charge in [-0.05, 0) is 69.2 Å². The fraction of sp³-hybridized carbons (Fsp3) is 0.300. The van der Waals surface area contributed by atoms with Gasteiger partial charge in [-0.15, -0.1) is 0 Å². The summed E-state index contributed by atoms with van der Waals surface area (Å²) in [5, 5.41) is 0. The predicted molar refractivity (Wildman–Crippen MR) is 93.6 cm³/mol. The maximum atomic E-state index is 12.1. The van der Waals surface area contributed by atoms with E-state index in [1.54, 1.807) is 43.5 Å². The first-order valence-electron chi connectivity index (χ1n) is 7.74. The highest BCUT2D eigenvalue weighted by atomic mass is 16.6. The molecule has 0 saturated carbocycles. The SMILES string of the molecule is COc1ccc(C(C)=O)c(-c2ccc(C(=O)OC(C)(C)C)cc2)c1. The van der Waals surface area contributed by atoms with Crippen molar-refractivity contribution >= 4 is 11.8 Å². The molecule has 24 heavy (non-hydrogen) atoms. The van der Waals surface area contributed by atoms with Gasteiger partial charge in [0.1, 0.15) is 11.4 Å². The van der Waals surface area contributed by atoms with Gasteiger partial charge in [0.15, 0.2) is 5.78 Å². The second-order valence-electron chi connectivity index (χ2n) is 6.55. The summed E-state index contributed by atoms with van der Waals surface area (Å²) in [6.07, 6.45) is 0. The Balaban J connectivity index is 2.37. The van der Waals surface area contributed by atoms with Gasteiger partial charge in [0.05, 0.1) is 12.7 Å².